The molecular formula is C7H7F6N. The Hall–Kier alpha value is -0.460. The second kappa shape index (κ2) is 2.37. The number of piperidine rings is 1. The molecule has 0 amide bonds. The zero-order valence-corrected chi connectivity index (χ0v) is 6.84. The minimum absolute atomic E-state index is 0.191. The first-order chi connectivity index (χ1) is 6.23. The van der Waals surface area contributed by atoms with Crippen LogP contribution < -0.4 is 5.32 Å². The Balaban J connectivity index is 2.35. The lowest BCUT2D eigenvalue weighted by molar-refractivity contribution is -0.311. The highest BCUT2D eigenvalue weighted by Gasteiger charge is 2.89. The average Bonchev–Trinajstić information content (AvgIpc) is 2.38. The first kappa shape index (κ1) is 10.1. The minimum Gasteiger partial charge on any atom is -0.316 e. The lowest BCUT2D eigenvalue weighted by Crippen LogP contribution is -2.45. The van der Waals surface area contributed by atoms with E-state index in [0.29, 0.717) is 0 Å². The zero-order valence-electron chi connectivity index (χ0n) is 6.84. The van der Waals surface area contributed by atoms with Gasteiger partial charge in [0.2, 0.25) is 0 Å². The molecule has 1 saturated heterocycles. The summed E-state index contributed by atoms with van der Waals surface area (Å²) in [7, 11) is 0. The molecule has 0 aromatic carbocycles. The lowest BCUT2D eigenvalue weighted by Gasteiger charge is -2.26. The van der Waals surface area contributed by atoms with E-state index in [4.69, 9.17) is 0 Å². The van der Waals surface area contributed by atoms with Gasteiger partial charge in [-0.2, -0.15) is 26.3 Å². The zero-order chi connectivity index (χ0) is 10.8. The summed E-state index contributed by atoms with van der Waals surface area (Å²) in [6.07, 6.45) is -10.4. The SMILES string of the molecule is FC(F)(F)C1(C(F)(F)F)C2CNCC21. The molecule has 0 aromatic rings. The van der Waals surface area contributed by atoms with Crippen LogP contribution in [0.1, 0.15) is 0 Å². The van der Waals surface area contributed by atoms with E-state index in [2.05, 4.69) is 5.32 Å². The predicted molar refractivity (Wildman–Crippen MR) is 34.4 cm³/mol. The Bertz CT molecular complexity index is 228. The molecule has 1 N–H and O–H groups in total. The van der Waals surface area contributed by atoms with E-state index in [1.165, 1.54) is 0 Å². The van der Waals surface area contributed by atoms with E-state index >= 15 is 0 Å². The van der Waals surface area contributed by atoms with Crippen molar-refractivity contribution in [2.75, 3.05) is 13.1 Å². The van der Waals surface area contributed by atoms with Gasteiger partial charge in [0.05, 0.1) is 0 Å². The van der Waals surface area contributed by atoms with E-state index < -0.39 is 29.6 Å². The molecule has 1 aliphatic heterocycles. The summed E-state index contributed by atoms with van der Waals surface area (Å²) < 4.78 is 74.2. The van der Waals surface area contributed by atoms with E-state index in [0.717, 1.165) is 0 Å². The van der Waals surface area contributed by atoms with E-state index in [-0.39, 0.29) is 13.1 Å². The molecule has 7 heteroatoms. The van der Waals surface area contributed by atoms with Crippen LogP contribution in [0.25, 0.3) is 0 Å². The highest BCUT2D eigenvalue weighted by molar-refractivity contribution is 5.22. The Morgan fingerprint density at radius 3 is 1.43 bits per heavy atom. The molecule has 0 spiro atoms. The van der Waals surface area contributed by atoms with E-state index in [9.17, 15) is 26.3 Å². The second-order valence-corrected chi connectivity index (χ2v) is 3.74. The maximum atomic E-state index is 12.4. The Morgan fingerprint density at radius 1 is 0.857 bits per heavy atom. The standard InChI is InChI=1S/C7H7F6N/c8-6(9,10)5(7(11,12)13)3-1-14-2-4(3)5/h3-4,14H,1-2H2. The van der Waals surface area contributed by atoms with Gasteiger partial charge in [0.25, 0.3) is 0 Å². The van der Waals surface area contributed by atoms with Crippen LogP contribution in [0.4, 0.5) is 26.3 Å². The average molecular weight is 219 g/mol. The Labute approximate surface area is 75.5 Å². The summed E-state index contributed by atoms with van der Waals surface area (Å²) in [5.74, 6) is -2.63. The van der Waals surface area contributed by atoms with Crippen molar-refractivity contribution in [1.82, 2.24) is 5.32 Å². The van der Waals surface area contributed by atoms with Crippen LogP contribution in [0.2, 0.25) is 0 Å². The van der Waals surface area contributed by atoms with Gasteiger partial charge in [-0.15, -0.1) is 0 Å². The smallest absolute Gasteiger partial charge is 0.316 e. The molecular weight excluding hydrogens is 212 g/mol. The number of rotatable bonds is 0. The van der Waals surface area contributed by atoms with Gasteiger partial charge in [-0.05, 0) is 13.1 Å². The molecule has 82 valence electrons. The molecule has 1 heterocycles. The molecule has 1 saturated carbocycles. The fourth-order valence-electron chi connectivity index (χ4n) is 2.54. The molecule has 2 rings (SSSR count). The fraction of sp³-hybridized carbons (Fsp3) is 1.00. The van der Waals surface area contributed by atoms with Crippen LogP contribution in [0.5, 0.6) is 0 Å². The van der Waals surface area contributed by atoms with Gasteiger partial charge in [0.1, 0.15) is 0 Å². The summed E-state index contributed by atoms with van der Waals surface area (Å²) in [5.41, 5.74) is -3.43. The van der Waals surface area contributed by atoms with Gasteiger partial charge in [0, 0.05) is 11.8 Å². The number of fused-ring (bicyclic) bond motifs is 1. The maximum absolute atomic E-state index is 12.4. The number of hydrogen-bond acceptors (Lipinski definition) is 1. The molecule has 0 aromatic heterocycles. The summed E-state index contributed by atoms with van der Waals surface area (Å²) in [4.78, 5) is 0. The van der Waals surface area contributed by atoms with Crippen molar-refractivity contribution in [3.8, 4) is 0 Å². The van der Waals surface area contributed by atoms with Crippen molar-refractivity contribution in [1.29, 1.82) is 0 Å². The van der Waals surface area contributed by atoms with Crippen molar-refractivity contribution >= 4 is 0 Å². The topological polar surface area (TPSA) is 12.0 Å². The van der Waals surface area contributed by atoms with Gasteiger partial charge in [-0.1, -0.05) is 0 Å². The number of nitrogens with one attached hydrogen (secondary N) is 1. The predicted octanol–water partition coefficient (Wildman–Crippen LogP) is 1.95. The lowest BCUT2D eigenvalue weighted by atomic mass is 9.99. The summed E-state index contributed by atoms with van der Waals surface area (Å²) in [6.45, 7) is -0.382. The van der Waals surface area contributed by atoms with Crippen molar-refractivity contribution in [3.05, 3.63) is 0 Å². The molecule has 0 radical (unpaired) electrons. The number of alkyl halides is 6. The third-order valence-electron chi connectivity index (χ3n) is 3.21. The molecule has 2 fully saturated rings. The van der Waals surface area contributed by atoms with Crippen LogP contribution in [0, 0.1) is 17.3 Å². The van der Waals surface area contributed by atoms with Gasteiger partial charge < -0.3 is 5.32 Å². The van der Waals surface area contributed by atoms with Gasteiger partial charge in [0.15, 0.2) is 5.41 Å². The van der Waals surface area contributed by atoms with Crippen LogP contribution >= 0.6 is 0 Å². The van der Waals surface area contributed by atoms with Gasteiger partial charge in [-0.3, -0.25) is 0 Å². The van der Waals surface area contributed by atoms with Crippen molar-refractivity contribution in [2.24, 2.45) is 17.3 Å². The largest absolute Gasteiger partial charge is 0.403 e. The molecule has 2 unspecified atom stereocenters. The number of halogens is 6. The summed E-state index contributed by atoms with van der Waals surface area (Å²) >= 11 is 0. The van der Waals surface area contributed by atoms with E-state index in [1.54, 1.807) is 0 Å². The minimum atomic E-state index is -5.18. The first-order valence-electron chi connectivity index (χ1n) is 4.07. The van der Waals surface area contributed by atoms with Crippen molar-refractivity contribution < 1.29 is 26.3 Å². The highest BCUT2D eigenvalue weighted by Crippen LogP contribution is 2.74. The normalized spacial score (nSPS) is 35.6. The molecule has 2 aliphatic rings. The third kappa shape index (κ3) is 0.910. The van der Waals surface area contributed by atoms with Crippen LogP contribution in [-0.4, -0.2) is 25.4 Å². The van der Waals surface area contributed by atoms with Crippen LogP contribution in [0.3, 0.4) is 0 Å². The molecule has 1 nitrogen and oxygen atoms in total. The summed E-state index contributed by atoms with van der Waals surface area (Å²) in [5, 5.41) is 2.52. The van der Waals surface area contributed by atoms with Crippen LogP contribution in [0.15, 0.2) is 0 Å². The number of hydrogen-bond donors (Lipinski definition) is 1. The quantitative estimate of drug-likeness (QED) is 0.614. The highest BCUT2D eigenvalue weighted by atomic mass is 19.4. The summed E-state index contributed by atoms with van der Waals surface area (Å²) in [6, 6.07) is 0. The first-order valence-corrected chi connectivity index (χ1v) is 4.07. The van der Waals surface area contributed by atoms with Crippen molar-refractivity contribution in [2.45, 2.75) is 12.4 Å². The fourth-order valence-corrected chi connectivity index (χ4v) is 2.54. The van der Waals surface area contributed by atoms with Crippen molar-refractivity contribution in [3.63, 3.8) is 0 Å². The van der Waals surface area contributed by atoms with Gasteiger partial charge in [-0.25, -0.2) is 0 Å². The monoisotopic (exact) mass is 219 g/mol. The second-order valence-electron chi connectivity index (χ2n) is 3.74. The van der Waals surface area contributed by atoms with Crippen LogP contribution in [-0.2, 0) is 0 Å². The van der Waals surface area contributed by atoms with Gasteiger partial charge >= 0.3 is 12.4 Å². The molecule has 1 aliphatic carbocycles. The van der Waals surface area contributed by atoms with E-state index in [1.807, 2.05) is 0 Å². The Kier molecular flexibility index (Phi) is 1.71. The molecule has 2 atom stereocenters. The molecule has 0 bridgehead atoms. The Morgan fingerprint density at radius 2 is 1.21 bits per heavy atom. The third-order valence-corrected chi connectivity index (χ3v) is 3.21. The molecule has 14 heavy (non-hydrogen) atoms. The maximum Gasteiger partial charge on any atom is 0.403 e.